The Morgan fingerprint density at radius 3 is 2.62 bits per heavy atom. The molecule has 1 fully saturated rings. The van der Waals surface area contributed by atoms with Crippen LogP contribution in [0.4, 0.5) is 0 Å². The second kappa shape index (κ2) is 5.95. The lowest BCUT2D eigenvalue weighted by molar-refractivity contribution is -0.181. The van der Waals surface area contributed by atoms with Crippen LogP contribution < -0.4 is 10.1 Å². The molecule has 2 atom stereocenters. The minimum Gasteiger partial charge on any atom is -0.484 e. The average molecular weight is 291 g/mol. The monoisotopic (exact) mass is 291 g/mol. The van der Waals surface area contributed by atoms with Crippen molar-refractivity contribution in [3.8, 4) is 5.75 Å². The zero-order chi connectivity index (χ0) is 14.9. The smallest absolute Gasteiger partial charge is 0.140 e. The molecule has 0 bridgehead atoms. The van der Waals surface area contributed by atoms with Gasteiger partial charge in [0, 0.05) is 25.5 Å². The van der Waals surface area contributed by atoms with Gasteiger partial charge in [-0.15, -0.1) is 0 Å². The summed E-state index contributed by atoms with van der Waals surface area (Å²) in [6.45, 7) is 6.05. The maximum Gasteiger partial charge on any atom is 0.140 e. The van der Waals surface area contributed by atoms with E-state index < -0.39 is 0 Å². The number of hydrogen-bond acceptors (Lipinski definition) is 4. The second-order valence-electron chi connectivity index (χ2n) is 6.22. The molecular formula is C17H25NO3. The van der Waals surface area contributed by atoms with Gasteiger partial charge in [0.25, 0.3) is 0 Å². The summed E-state index contributed by atoms with van der Waals surface area (Å²) >= 11 is 0. The van der Waals surface area contributed by atoms with Crippen LogP contribution in [0.1, 0.15) is 38.4 Å². The number of benzene rings is 1. The molecule has 1 saturated heterocycles. The number of nitrogens with one attached hydrogen (secondary N) is 1. The van der Waals surface area contributed by atoms with Gasteiger partial charge in [-0.05, 0) is 33.0 Å². The molecular weight excluding hydrogens is 266 g/mol. The average Bonchev–Trinajstić information content (AvgIpc) is 2.48. The summed E-state index contributed by atoms with van der Waals surface area (Å²) in [6.07, 6.45) is 1.89. The number of hydrogen-bond donors (Lipinski definition) is 1. The van der Waals surface area contributed by atoms with Gasteiger partial charge in [0.15, 0.2) is 0 Å². The molecule has 1 N–H and O–H groups in total. The number of fused-ring (bicyclic) bond motifs is 1. The van der Waals surface area contributed by atoms with Crippen LogP contribution >= 0.6 is 0 Å². The standard InChI is InChI=1S/C17H25NO3/c1-12(2)20-15-13-6-4-5-7-14(13)21-17(16(15)19-3)8-10-18-11-9-17/h4-7,12,15-16,18H,8-11H2,1-3H3. The minimum absolute atomic E-state index is 0.0713. The molecule has 0 radical (unpaired) electrons. The zero-order valence-electron chi connectivity index (χ0n) is 13.1. The third kappa shape index (κ3) is 2.68. The predicted octanol–water partition coefficient (Wildman–Crippen LogP) is 2.68. The Morgan fingerprint density at radius 1 is 1.24 bits per heavy atom. The molecule has 4 nitrogen and oxygen atoms in total. The first-order valence-electron chi connectivity index (χ1n) is 7.83. The molecule has 3 rings (SSSR count). The van der Waals surface area contributed by atoms with Crippen molar-refractivity contribution in [3.05, 3.63) is 29.8 Å². The molecule has 1 aromatic rings. The van der Waals surface area contributed by atoms with Gasteiger partial charge in [0.1, 0.15) is 23.6 Å². The van der Waals surface area contributed by atoms with Crippen molar-refractivity contribution in [3.63, 3.8) is 0 Å². The van der Waals surface area contributed by atoms with Gasteiger partial charge in [-0.1, -0.05) is 18.2 Å². The molecule has 4 heteroatoms. The van der Waals surface area contributed by atoms with Gasteiger partial charge in [0.2, 0.25) is 0 Å². The molecule has 1 spiro atoms. The molecule has 0 amide bonds. The minimum atomic E-state index is -0.284. The first kappa shape index (κ1) is 14.8. The van der Waals surface area contributed by atoms with Crippen LogP contribution in [0.15, 0.2) is 24.3 Å². The molecule has 116 valence electrons. The highest BCUT2D eigenvalue weighted by Crippen LogP contribution is 2.46. The van der Waals surface area contributed by atoms with Crippen LogP contribution in [-0.4, -0.2) is 38.0 Å². The quantitative estimate of drug-likeness (QED) is 0.929. The molecule has 0 aromatic heterocycles. The highest BCUT2D eigenvalue weighted by Gasteiger charge is 2.51. The van der Waals surface area contributed by atoms with E-state index in [0.29, 0.717) is 0 Å². The largest absolute Gasteiger partial charge is 0.484 e. The number of ether oxygens (including phenoxy) is 3. The third-order valence-corrected chi connectivity index (χ3v) is 4.45. The van der Waals surface area contributed by atoms with Crippen molar-refractivity contribution in [2.24, 2.45) is 0 Å². The topological polar surface area (TPSA) is 39.7 Å². The number of rotatable bonds is 3. The van der Waals surface area contributed by atoms with Gasteiger partial charge in [-0.3, -0.25) is 0 Å². The summed E-state index contributed by atoms with van der Waals surface area (Å²) in [4.78, 5) is 0. The predicted molar refractivity (Wildman–Crippen MR) is 81.7 cm³/mol. The van der Waals surface area contributed by atoms with Crippen molar-refractivity contribution >= 4 is 0 Å². The summed E-state index contributed by atoms with van der Waals surface area (Å²) in [7, 11) is 1.77. The van der Waals surface area contributed by atoms with Crippen LogP contribution in [0.2, 0.25) is 0 Å². The molecule has 1 aromatic carbocycles. The first-order valence-corrected chi connectivity index (χ1v) is 7.83. The fraction of sp³-hybridized carbons (Fsp3) is 0.647. The van der Waals surface area contributed by atoms with Crippen molar-refractivity contribution in [2.45, 2.75) is 50.6 Å². The van der Waals surface area contributed by atoms with E-state index in [0.717, 1.165) is 37.2 Å². The summed E-state index contributed by atoms with van der Waals surface area (Å²) < 4.78 is 18.5. The van der Waals surface area contributed by atoms with Crippen LogP contribution in [0.5, 0.6) is 5.75 Å². The summed E-state index contributed by atoms with van der Waals surface area (Å²) in [5.74, 6) is 0.943. The molecule has 0 aliphatic carbocycles. The number of piperidine rings is 1. The van der Waals surface area contributed by atoms with Crippen LogP contribution in [0.25, 0.3) is 0 Å². The first-order chi connectivity index (χ1) is 10.2. The van der Waals surface area contributed by atoms with Crippen LogP contribution in [0, 0.1) is 0 Å². The van der Waals surface area contributed by atoms with E-state index in [2.05, 4.69) is 25.2 Å². The lowest BCUT2D eigenvalue weighted by atomic mass is 9.79. The number of para-hydroxylation sites is 1. The number of methoxy groups -OCH3 is 1. The third-order valence-electron chi connectivity index (χ3n) is 4.45. The van der Waals surface area contributed by atoms with Gasteiger partial charge >= 0.3 is 0 Å². The van der Waals surface area contributed by atoms with E-state index in [-0.39, 0.29) is 23.9 Å². The molecule has 21 heavy (non-hydrogen) atoms. The van der Waals surface area contributed by atoms with Gasteiger partial charge < -0.3 is 19.5 Å². The Labute approximate surface area is 126 Å². The Bertz CT molecular complexity index is 483. The van der Waals surface area contributed by atoms with E-state index in [4.69, 9.17) is 14.2 Å². The summed E-state index contributed by atoms with van der Waals surface area (Å²) in [5.41, 5.74) is 0.815. The SMILES string of the molecule is COC1C(OC(C)C)c2ccccc2OC12CCNCC2. The fourth-order valence-electron chi connectivity index (χ4n) is 3.54. The second-order valence-corrected chi connectivity index (χ2v) is 6.22. The van der Waals surface area contributed by atoms with Crippen LogP contribution in [-0.2, 0) is 9.47 Å². The Morgan fingerprint density at radius 2 is 1.95 bits per heavy atom. The molecule has 2 aliphatic heterocycles. The fourth-order valence-corrected chi connectivity index (χ4v) is 3.54. The normalized spacial score (nSPS) is 27.4. The zero-order valence-corrected chi connectivity index (χ0v) is 13.1. The van der Waals surface area contributed by atoms with E-state index >= 15 is 0 Å². The molecule has 2 aliphatic rings. The Kier molecular flexibility index (Phi) is 4.20. The highest BCUT2D eigenvalue weighted by molar-refractivity contribution is 5.40. The summed E-state index contributed by atoms with van der Waals surface area (Å²) in [5, 5.41) is 3.40. The van der Waals surface area contributed by atoms with E-state index in [1.165, 1.54) is 0 Å². The van der Waals surface area contributed by atoms with Crippen molar-refractivity contribution < 1.29 is 14.2 Å². The lowest BCUT2D eigenvalue weighted by Gasteiger charge is -2.49. The lowest BCUT2D eigenvalue weighted by Crippen LogP contribution is -2.59. The Hall–Kier alpha value is -1.10. The molecule has 2 heterocycles. The van der Waals surface area contributed by atoms with Gasteiger partial charge in [-0.25, -0.2) is 0 Å². The maximum atomic E-state index is 6.43. The van der Waals surface area contributed by atoms with Gasteiger partial charge in [0.05, 0.1) is 6.10 Å². The van der Waals surface area contributed by atoms with Crippen molar-refractivity contribution in [1.29, 1.82) is 0 Å². The highest BCUT2D eigenvalue weighted by atomic mass is 16.6. The van der Waals surface area contributed by atoms with Crippen molar-refractivity contribution in [2.75, 3.05) is 20.2 Å². The van der Waals surface area contributed by atoms with Crippen molar-refractivity contribution in [1.82, 2.24) is 5.32 Å². The Balaban J connectivity index is 2.02. The molecule has 2 unspecified atom stereocenters. The van der Waals surface area contributed by atoms with Crippen LogP contribution in [0.3, 0.4) is 0 Å². The van der Waals surface area contributed by atoms with Gasteiger partial charge in [-0.2, -0.15) is 0 Å². The van der Waals surface area contributed by atoms with E-state index in [1.807, 2.05) is 18.2 Å². The summed E-state index contributed by atoms with van der Waals surface area (Å²) in [6, 6.07) is 8.18. The maximum absolute atomic E-state index is 6.43. The van der Waals surface area contributed by atoms with E-state index in [9.17, 15) is 0 Å². The molecule has 0 saturated carbocycles. The van der Waals surface area contributed by atoms with E-state index in [1.54, 1.807) is 7.11 Å².